The second-order valence-corrected chi connectivity index (χ2v) is 11.8. The van der Waals surface area contributed by atoms with E-state index in [9.17, 15) is 28.1 Å². The Labute approximate surface area is 249 Å². The van der Waals surface area contributed by atoms with E-state index < -0.39 is 39.3 Å². The number of halogens is 2. The van der Waals surface area contributed by atoms with Gasteiger partial charge in [-0.2, -0.15) is 0 Å². The summed E-state index contributed by atoms with van der Waals surface area (Å²) < 4.78 is 28.4. The van der Waals surface area contributed by atoms with Crippen LogP contribution in [0.5, 0.6) is 0 Å². The summed E-state index contributed by atoms with van der Waals surface area (Å²) in [5.74, 6) is -1.14. The highest BCUT2D eigenvalue weighted by molar-refractivity contribution is 7.92. The van der Waals surface area contributed by atoms with Crippen molar-refractivity contribution in [3.8, 4) is 0 Å². The summed E-state index contributed by atoms with van der Waals surface area (Å²) in [5.41, 5.74) is 0.179. The smallest absolute Gasteiger partial charge is 0.269 e. The molecule has 0 aliphatic carbocycles. The van der Waals surface area contributed by atoms with Crippen LogP contribution in [0.4, 0.5) is 11.4 Å². The summed E-state index contributed by atoms with van der Waals surface area (Å²) in [6.45, 7) is 3.05. The predicted octanol–water partition coefficient (Wildman–Crippen LogP) is 5.43. The van der Waals surface area contributed by atoms with Crippen LogP contribution in [0, 0.1) is 10.1 Å². The maximum atomic E-state index is 13.9. The van der Waals surface area contributed by atoms with E-state index in [1.54, 1.807) is 24.3 Å². The average Bonchev–Trinajstić information content (AvgIpc) is 2.96. The van der Waals surface area contributed by atoms with E-state index in [2.05, 4.69) is 5.32 Å². The summed E-state index contributed by atoms with van der Waals surface area (Å²) in [6.07, 6.45) is 1.60. The van der Waals surface area contributed by atoms with Gasteiger partial charge in [0, 0.05) is 40.8 Å². The molecule has 0 fully saturated rings. The molecule has 41 heavy (non-hydrogen) atoms. The molecule has 1 atom stereocenters. The van der Waals surface area contributed by atoms with Gasteiger partial charge in [-0.1, -0.05) is 60.8 Å². The van der Waals surface area contributed by atoms with E-state index in [4.69, 9.17) is 23.2 Å². The Balaban J connectivity index is 2.05. The van der Waals surface area contributed by atoms with E-state index >= 15 is 0 Å². The highest BCUT2D eigenvalue weighted by atomic mass is 35.5. The Bertz CT molecular complexity index is 1470. The lowest BCUT2D eigenvalue weighted by Gasteiger charge is -2.32. The Morgan fingerprint density at radius 3 is 2.15 bits per heavy atom. The van der Waals surface area contributed by atoms with E-state index in [1.807, 2.05) is 6.92 Å². The van der Waals surface area contributed by atoms with Crippen LogP contribution in [-0.2, 0) is 26.2 Å². The Hall–Kier alpha value is -3.67. The van der Waals surface area contributed by atoms with Gasteiger partial charge in [0.2, 0.25) is 11.8 Å². The highest BCUT2D eigenvalue weighted by Crippen LogP contribution is 2.29. The number of sulfonamides is 1. The Kier molecular flexibility index (Phi) is 11.1. The minimum absolute atomic E-state index is 0.0311. The molecule has 0 saturated heterocycles. The van der Waals surface area contributed by atoms with Crippen LogP contribution in [0.3, 0.4) is 0 Å². The summed E-state index contributed by atoms with van der Waals surface area (Å²) in [7, 11) is -4.31. The van der Waals surface area contributed by atoms with Gasteiger partial charge in [0.15, 0.2) is 0 Å². The number of unbranched alkanes of at least 4 members (excludes halogenated alkanes) is 1. The van der Waals surface area contributed by atoms with Crippen LogP contribution in [0.1, 0.15) is 32.3 Å². The van der Waals surface area contributed by atoms with E-state index in [0.717, 1.165) is 29.3 Å². The third-order valence-corrected chi connectivity index (χ3v) is 8.84. The standard InChI is InChI=1S/C28H30Cl2N4O6S/c1-3-4-17-31-28(36)20(2)32(18-24-25(29)11-8-12-26(24)30)27(35)19-33(21-13-15-22(16-14-21)34(37)38)41(39,40)23-9-6-5-7-10-23/h5-16,20H,3-4,17-19H2,1-2H3,(H,31,36). The lowest BCUT2D eigenvalue weighted by Crippen LogP contribution is -2.51. The zero-order chi connectivity index (χ0) is 30.2. The molecule has 218 valence electrons. The second-order valence-electron chi connectivity index (χ2n) is 9.14. The van der Waals surface area contributed by atoms with Crippen molar-refractivity contribution in [2.75, 3.05) is 17.4 Å². The number of carbonyl (C=O) groups excluding carboxylic acids is 2. The fraction of sp³-hybridized carbons (Fsp3) is 0.286. The van der Waals surface area contributed by atoms with Gasteiger partial charge in [0.25, 0.3) is 15.7 Å². The first-order valence-corrected chi connectivity index (χ1v) is 15.0. The lowest BCUT2D eigenvalue weighted by molar-refractivity contribution is -0.384. The number of anilines is 1. The van der Waals surface area contributed by atoms with Gasteiger partial charge in [-0.25, -0.2) is 8.42 Å². The summed E-state index contributed by atoms with van der Waals surface area (Å²) >= 11 is 12.8. The number of amides is 2. The number of nitrogens with one attached hydrogen (secondary N) is 1. The van der Waals surface area contributed by atoms with Crippen molar-refractivity contribution in [2.45, 2.75) is 44.2 Å². The molecular weight excluding hydrogens is 591 g/mol. The monoisotopic (exact) mass is 620 g/mol. The van der Waals surface area contributed by atoms with Gasteiger partial charge < -0.3 is 10.2 Å². The number of hydrogen-bond donors (Lipinski definition) is 1. The van der Waals surface area contributed by atoms with Gasteiger partial charge in [-0.3, -0.25) is 24.0 Å². The molecule has 3 rings (SSSR count). The molecule has 1 N–H and O–H groups in total. The molecule has 0 spiro atoms. The summed E-state index contributed by atoms with van der Waals surface area (Å²) in [4.78, 5) is 38.7. The van der Waals surface area contributed by atoms with Crippen LogP contribution in [0.2, 0.25) is 10.0 Å². The molecule has 0 bridgehead atoms. The normalized spacial score (nSPS) is 11.9. The molecule has 1 unspecified atom stereocenters. The number of hydrogen-bond acceptors (Lipinski definition) is 6. The molecule has 0 aliphatic heterocycles. The van der Waals surface area contributed by atoms with Crippen LogP contribution < -0.4 is 9.62 Å². The van der Waals surface area contributed by atoms with E-state index in [1.165, 1.54) is 48.2 Å². The highest BCUT2D eigenvalue weighted by Gasteiger charge is 2.33. The molecule has 0 saturated carbocycles. The number of nitro benzene ring substituents is 1. The largest absolute Gasteiger partial charge is 0.354 e. The zero-order valence-electron chi connectivity index (χ0n) is 22.5. The average molecular weight is 622 g/mol. The van der Waals surface area contributed by atoms with E-state index in [-0.39, 0.29) is 32.9 Å². The summed E-state index contributed by atoms with van der Waals surface area (Å²) in [6, 6.07) is 16.1. The van der Waals surface area contributed by atoms with Crippen LogP contribution in [0.15, 0.2) is 77.7 Å². The number of non-ortho nitro benzene ring substituents is 1. The van der Waals surface area contributed by atoms with Crippen LogP contribution in [-0.4, -0.2) is 49.2 Å². The van der Waals surface area contributed by atoms with E-state index in [0.29, 0.717) is 12.1 Å². The lowest BCUT2D eigenvalue weighted by atomic mass is 10.1. The SMILES string of the molecule is CCCCNC(=O)C(C)N(Cc1c(Cl)cccc1Cl)C(=O)CN(c1ccc([N+](=O)[O-])cc1)S(=O)(=O)c1ccccc1. The number of nitro groups is 1. The minimum atomic E-state index is -4.31. The van der Waals surface area contributed by atoms with Gasteiger partial charge >= 0.3 is 0 Å². The van der Waals surface area contributed by atoms with Gasteiger partial charge in [0.1, 0.15) is 12.6 Å². The minimum Gasteiger partial charge on any atom is -0.354 e. The number of carbonyl (C=O) groups is 2. The number of rotatable bonds is 13. The van der Waals surface area contributed by atoms with Crippen molar-refractivity contribution >= 4 is 56.4 Å². The van der Waals surface area contributed by atoms with Crippen molar-refractivity contribution in [3.05, 3.63) is 98.5 Å². The van der Waals surface area contributed by atoms with Gasteiger partial charge in [0.05, 0.1) is 15.5 Å². The topological polar surface area (TPSA) is 130 Å². The second kappa shape index (κ2) is 14.3. The molecule has 0 radical (unpaired) electrons. The fourth-order valence-electron chi connectivity index (χ4n) is 3.96. The number of benzene rings is 3. The van der Waals surface area contributed by atoms with Crippen molar-refractivity contribution in [1.29, 1.82) is 0 Å². The molecular formula is C28H30Cl2N4O6S. The maximum absolute atomic E-state index is 13.9. The third-order valence-electron chi connectivity index (χ3n) is 6.35. The molecule has 3 aromatic rings. The quantitative estimate of drug-likeness (QED) is 0.154. The molecule has 0 aliphatic rings. The molecule has 13 heteroatoms. The molecule has 2 amide bonds. The van der Waals surface area contributed by atoms with Crippen molar-refractivity contribution in [2.24, 2.45) is 0 Å². The Morgan fingerprint density at radius 2 is 1.59 bits per heavy atom. The third kappa shape index (κ3) is 7.96. The fourth-order valence-corrected chi connectivity index (χ4v) is 5.91. The van der Waals surface area contributed by atoms with Crippen LogP contribution >= 0.6 is 23.2 Å². The summed E-state index contributed by atoms with van der Waals surface area (Å²) in [5, 5.41) is 14.5. The molecule has 10 nitrogen and oxygen atoms in total. The maximum Gasteiger partial charge on any atom is 0.269 e. The van der Waals surface area contributed by atoms with Crippen LogP contribution in [0.25, 0.3) is 0 Å². The van der Waals surface area contributed by atoms with Crippen molar-refractivity contribution in [3.63, 3.8) is 0 Å². The van der Waals surface area contributed by atoms with Gasteiger partial charge in [-0.05, 0) is 49.7 Å². The number of nitrogens with zero attached hydrogens (tertiary/aromatic N) is 3. The molecule has 0 heterocycles. The van der Waals surface area contributed by atoms with Crippen molar-refractivity contribution in [1.82, 2.24) is 10.2 Å². The molecule has 3 aromatic carbocycles. The molecule has 0 aromatic heterocycles. The zero-order valence-corrected chi connectivity index (χ0v) is 24.8. The predicted molar refractivity (Wildman–Crippen MR) is 158 cm³/mol. The first kappa shape index (κ1) is 31.9. The Morgan fingerprint density at radius 1 is 0.976 bits per heavy atom. The first-order valence-electron chi connectivity index (χ1n) is 12.8. The van der Waals surface area contributed by atoms with Crippen molar-refractivity contribution < 1.29 is 22.9 Å². The van der Waals surface area contributed by atoms with Gasteiger partial charge in [-0.15, -0.1) is 0 Å². The first-order chi connectivity index (χ1) is 19.5.